The van der Waals surface area contributed by atoms with Gasteiger partial charge in [-0.3, -0.25) is 4.79 Å². The van der Waals surface area contributed by atoms with Crippen molar-refractivity contribution in [3.63, 3.8) is 0 Å². The van der Waals surface area contributed by atoms with E-state index in [1.54, 1.807) is 0 Å². The van der Waals surface area contributed by atoms with E-state index >= 15 is 0 Å². The number of hydrogen-bond acceptors (Lipinski definition) is 4. The van der Waals surface area contributed by atoms with Gasteiger partial charge in [-0.2, -0.15) is 0 Å². The monoisotopic (exact) mass is 285 g/mol. The van der Waals surface area contributed by atoms with Crippen LogP contribution in [0.3, 0.4) is 0 Å². The second-order valence-electron chi connectivity index (χ2n) is 5.36. The molecule has 0 spiro atoms. The van der Waals surface area contributed by atoms with Crippen molar-refractivity contribution in [2.24, 2.45) is 5.92 Å². The summed E-state index contributed by atoms with van der Waals surface area (Å²) in [6.07, 6.45) is 0.726. The molecule has 0 aromatic heterocycles. The molecule has 0 saturated carbocycles. The average Bonchev–Trinajstić information content (AvgIpc) is 3.15. The van der Waals surface area contributed by atoms with E-state index < -0.39 is 18.2 Å². The van der Waals surface area contributed by atoms with Gasteiger partial charge < -0.3 is 19.9 Å². The van der Waals surface area contributed by atoms with Crippen LogP contribution < -0.4 is 5.32 Å². The molecule has 1 aliphatic rings. The average molecular weight is 285 g/mol. The van der Waals surface area contributed by atoms with Crippen LogP contribution in [0.2, 0.25) is 0 Å². The molecule has 20 heavy (non-hydrogen) atoms. The minimum atomic E-state index is -1.11. The van der Waals surface area contributed by atoms with Crippen LogP contribution in [0, 0.1) is 5.92 Å². The lowest BCUT2D eigenvalue weighted by molar-refractivity contribution is -0.138. The summed E-state index contributed by atoms with van der Waals surface area (Å²) < 4.78 is 10.3. The van der Waals surface area contributed by atoms with Crippen molar-refractivity contribution in [3.05, 3.63) is 11.8 Å². The third-order valence-electron chi connectivity index (χ3n) is 3.01. The molecule has 1 heterocycles. The number of aliphatic carboxylic acids is 1. The van der Waals surface area contributed by atoms with E-state index in [1.165, 1.54) is 0 Å². The van der Waals surface area contributed by atoms with Crippen LogP contribution in [0.25, 0.3) is 0 Å². The van der Waals surface area contributed by atoms with Gasteiger partial charge in [0, 0.05) is 0 Å². The Morgan fingerprint density at radius 3 is 2.50 bits per heavy atom. The van der Waals surface area contributed by atoms with Crippen LogP contribution in [0.1, 0.15) is 34.1 Å². The minimum absolute atomic E-state index is 0.156. The second-order valence-corrected chi connectivity index (χ2v) is 5.36. The highest BCUT2D eigenvalue weighted by molar-refractivity contribution is 5.92. The molecule has 1 fully saturated rings. The number of allylic oxidation sites excluding steroid dienone is 2. The summed E-state index contributed by atoms with van der Waals surface area (Å²) in [5.41, 5.74) is 0. The van der Waals surface area contributed by atoms with Gasteiger partial charge in [-0.05, 0) is 26.2 Å². The molecule has 3 atom stereocenters. The van der Waals surface area contributed by atoms with Crippen molar-refractivity contribution in [3.8, 4) is 0 Å². The van der Waals surface area contributed by atoms with Gasteiger partial charge in [0.1, 0.15) is 6.61 Å². The number of nitrogens with one attached hydrogen (secondary N) is 1. The van der Waals surface area contributed by atoms with E-state index in [2.05, 4.69) is 19.2 Å². The maximum atomic E-state index is 11.9. The first kappa shape index (κ1) is 16.5. The minimum Gasteiger partial charge on any atom is -0.496 e. The van der Waals surface area contributed by atoms with Gasteiger partial charge in [-0.1, -0.05) is 19.9 Å². The molecule has 0 unspecified atom stereocenters. The Hall–Kier alpha value is -1.56. The molecule has 114 valence electrons. The molecule has 1 saturated heterocycles. The Morgan fingerprint density at radius 1 is 1.40 bits per heavy atom. The van der Waals surface area contributed by atoms with Crippen LogP contribution in [0.4, 0.5) is 0 Å². The number of rotatable bonds is 8. The fourth-order valence-electron chi connectivity index (χ4n) is 1.84. The van der Waals surface area contributed by atoms with Gasteiger partial charge in [-0.15, -0.1) is 0 Å². The fourth-order valence-corrected chi connectivity index (χ4v) is 1.84. The van der Waals surface area contributed by atoms with Crippen LogP contribution in [0.15, 0.2) is 11.8 Å². The van der Waals surface area contributed by atoms with Crippen molar-refractivity contribution < 1.29 is 24.2 Å². The number of hydrogen-bond donors (Lipinski definition) is 2. The predicted molar refractivity (Wildman–Crippen MR) is 73.1 cm³/mol. The molecule has 0 radical (unpaired) electrons. The maximum Gasteiger partial charge on any atom is 0.336 e. The summed E-state index contributed by atoms with van der Waals surface area (Å²) in [6, 6.07) is -0.156. The number of carboxylic acids is 1. The first-order chi connectivity index (χ1) is 9.35. The Balaban J connectivity index is 2.48. The number of carbonyl (C=O) groups excluding carboxylic acids is 1. The predicted octanol–water partition coefficient (Wildman–Crippen LogP) is 1.31. The molecule has 6 heteroatoms. The van der Waals surface area contributed by atoms with Gasteiger partial charge in [0.2, 0.25) is 0 Å². The van der Waals surface area contributed by atoms with Gasteiger partial charge >= 0.3 is 5.97 Å². The van der Waals surface area contributed by atoms with Crippen molar-refractivity contribution in [1.82, 2.24) is 5.32 Å². The van der Waals surface area contributed by atoms with Gasteiger partial charge in [0.25, 0.3) is 5.91 Å². The van der Waals surface area contributed by atoms with E-state index in [1.807, 2.05) is 19.9 Å². The zero-order valence-electron chi connectivity index (χ0n) is 12.4. The number of carboxylic acid groups (broad SMARTS) is 1. The molecular formula is C14H23NO5. The van der Waals surface area contributed by atoms with Gasteiger partial charge in [0.15, 0.2) is 12.2 Å². The molecule has 0 aromatic rings. The number of amides is 1. The highest BCUT2D eigenvalue weighted by atomic mass is 16.6. The third-order valence-corrected chi connectivity index (χ3v) is 3.01. The Kier molecular flexibility index (Phi) is 6.01. The van der Waals surface area contributed by atoms with Crippen LogP contribution in [0.5, 0.6) is 0 Å². The van der Waals surface area contributed by atoms with Crippen molar-refractivity contribution in [2.75, 3.05) is 6.61 Å². The van der Waals surface area contributed by atoms with Gasteiger partial charge in [0.05, 0.1) is 11.8 Å². The third kappa shape index (κ3) is 5.21. The van der Waals surface area contributed by atoms with Crippen molar-refractivity contribution in [2.45, 2.75) is 52.4 Å². The first-order valence-corrected chi connectivity index (χ1v) is 6.79. The Labute approximate surface area is 119 Å². The lowest BCUT2D eigenvalue weighted by atomic mass is 10.0. The zero-order chi connectivity index (χ0) is 15.3. The van der Waals surface area contributed by atoms with E-state index in [-0.39, 0.29) is 11.9 Å². The number of carbonyl (C=O) groups is 2. The normalized spacial score (nSPS) is 23.4. The van der Waals surface area contributed by atoms with Crippen molar-refractivity contribution in [1.29, 1.82) is 0 Å². The molecule has 0 aliphatic carbocycles. The number of epoxide rings is 1. The molecular weight excluding hydrogens is 262 g/mol. The molecule has 2 N–H and O–H groups in total. The van der Waals surface area contributed by atoms with Crippen LogP contribution in [-0.4, -0.2) is 41.8 Å². The molecule has 6 nitrogen and oxygen atoms in total. The zero-order valence-corrected chi connectivity index (χ0v) is 12.4. The molecule has 0 bridgehead atoms. The molecule has 0 aromatic carbocycles. The topological polar surface area (TPSA) is 88.2 Å². The standard InChI is InChI=1S/C14H23NO5/c1-5-9(4)19-7-10(6-8(2)3)15-13(16)11-12(20-11)14(17)18/h5,8,10-12H,6-7H2,1-4H3,(H,15,16)(H,17,18)/t10-,11-,12-/m0/s1. The largest absolute Gasteiger partial charge is 0.496 e. The van der Waals surface area contributed by atoms with Crippen molar-refractivity contribution >= 4 is 11.9 Å². The van der Waals surface area contributed by atoms with E-state index in [0.717, 1.165) is 12.2 Å². The SMILES string of the molecule is CC=C(C)OC[C@H](CC(C)C)NC(=O)[C@H]1O[C@@H]1C(=O)O. The molecule has 1 amide bonds. The summed E-state index contributed by atoms with van der Waals surface area (Å²) in [4.78, 5) is 22.5. The Bertz CT molecular complexity index is 391. The second kappa shape index (κ2) is 7.28. The summed E-state index contributed by atoms with van der Waals surface area (Å²) in [5, 5.41) is 11.5. The molecule has 1 rings (SSSR count). The summed E-state index contributed by atoms with van der Waals surface area (Å²) in [6.45, 7) is 8.19. The van der Waals surface area contributed by atoms with Gasteiger partial charge in [-0.25, -0.2) is 4.79 Å². The summed E-state index contributed by atoms with van der Waals surface area (Å²) in [5.74, 6) is -0.305. The highest BCUT2D eigenvalue weighted by Crippen LogP contribution is 2.22. The first-order valence-electron chi connectivity index (χ1n) is 6.79. The quantitative estimate of drug-likeness (QED) is 0.518. The Morgan fingerprint density at radius 2 is 2.05 bits per heavy atom. The van der Waals surface area contributed by atoms with Crippen LogP contribution >= 0.6 is 0 Å². The van der Waals surface area contributed by atoms with Crippen LogP contribution in [-0.2, 0) is 19.1 Å². The lowest BCUT2D eigenvalue weighted by Crippen LogP contribution is -2.42. The smallest absolute Gasteiger partial charge is 0.336 e. The summed E-state index contributed by atoms with van der Waals surface area (Å²) >= 11 is 0. The van der Waals surface area contributed by atoms with E-state index in [0.29, 0.717) is 12.5 Å². The highest BCUT2D eigenvalue weighted by Gasteiger charge is 2.51. The summed E-state index contributed by atoms with van der Waals surface area (Å²) in [7, 11) is 0. The van der Waals surface area contributed by atoms with E-state index in [9.17, 15) is 9.59 Å². The lowest BCUT2D eigenvalue weighted by Gasteiger charge is -2.21. The van der Waals surface area contributed by atoms with E-state index in [4.69, 9.17) is 14.6 Å². The maximum absolute atomic E-state index is 11.9. The number of ether oxygens (including phenoxy) is 2. The fraction of sp³-hybridized carbons (Fsp3) is 0.714. The molecule has 1 aliphatic heterocycles.